The molecule has 0 saturated heterocycles. The number of anilines is 1. The van der Waals surface area contributed by atoms with E-state index in [1.807, 2.05) is 45.9 Å². The zero-order valence-electron chi connectivity index (χ0n) is 17.5. The van der Waals surface area contributed by atoms with Gasteiger partial charge in [-0.05, 0) is 57.2 Å². The molecule has 2 amide bonds. The number of hydrogen-bond acceptors (Lipinski definition) is 4. The molecule has 0 bridgehead atoms. The number of carboxylic acid groups (broad SMARTS) is 1. The highest BCUT2D eigenvalue weighted by molar-refractivity contribution is 7.15. The van der Waals surface area contributed by atoms with E-state index < -0.39 is 29.6 Å². The number of nitrogens with one attached hydrogen (secondary N) is 1. The van der Waals surface area contributed by atoms with Gasteiger partial charge in [-0.3, -0.25) is 14.4 Å². The van der Waals surface area contributed by atoms with Gasteiger partial charge in [0.2, 0.25) is 5.91 Å². The lowest BCUT2D eigenvalue weighted by Crippen LogP contribution is -2.36. The molecule has 0 unspecified atom stereocenters. The highest BCUT2D eigenvalue weighted by atomic mass is 32.1. The topological polar surface area (TPSA) is 109 Å². The number of nitrogens with two attached hydrogens (primary N) is 1. The number of allylic oxidation sites excluding steroid dienone is 2. The molecule has 4 N–H and O–H groups in total. The molecular weight excluding hydrogens is 400 g/mol. The zero-order valence-corrected chi connectivity index (χ0v) is 18.4. The maximum Gasteiger partial charge on any atom is 0.307 e. The van der Waals surface area contributed by atoms with E-state index in [0.717, 1.165) is 27.8 Å². The summed E-state index contributed by atoms with van der Waals surface area (Å²) in [5.74, 6) is -3.50. The van der Waals surface area contributed by atoms with Gasteiger partial charge in [-0.15, -0.1) is 11.3 Å². The maximum atomic E-state index is 13.0. The number of hydrogen-bond donors (Lipinski definition) is 3. The van der Waals surface area contributed by atoms with Gasteiger partial charge in [0.15, 0.2) is 0 Å². The Bertz CT molecular complexity index is 1070. The molecule has 158 valence electrons. The summed E-state index contributed by atoms with van der Waals surface area (Å²) in [5.41, 5.74) is 11.7. The predicted octanol–water partition coefficient (Wildman–Crippen LogP) is 4.52. The number of amides is 2. The molecule has 30 heavy (non-hydrogen) atoms. The Hall–Kier alpha value is -2.93. The summed E-state index contributed by atoms with van der Waals surface area (Å²) in [6, 6.07) is 5.87. The van der Waals surface area contributed by atoms with Gasteiger partial charge in [-0.25, -0.2) is 0 Å². The monoisotopic (exact) mass is 426 g/mol. The van der Waals surface area contributed by atoms with Crippen molar-refractivity contribution >= 4 is 34.1 Å². The second-order valence-electron chi connectivity index (χ2n) is 8.03. The van der Waals surface area contributed by atoms with E-state index in [1.54, 1.807) is 5.38 Å². The van der Waals surface area contributed by atoms with Gasteiger partial charge in [-0.2, -0.15) is 0 Å². The summed E-state index contributed by atoms with van der Waals surface area (Å²) in [6.07, 6.45) is 0.732. The lowest BCUT2D eigenvalue weighted by Gasteiger charge is -2.29. The molecule has 2 aromatic rings. The third-order valence-electron chi connectivity index (χ3n) is 6.01. The summed E-state index contributed by atoms with van der Waals surface area (Å²) < 4.78 is 0. The molecule has 1 aliphatic rings. The maximum absolute atomic E-state index is 13.0. The first-order valence-electron chi connectivity index (χ1n) is 9.78. The lowest BCUT2D eigenvalue weighted by atomic mass is 9.76. The summed E-state index contributed by atoms with van der Waals surface area (Å²) >= 11 is 1.22. The molecule has 0 saturated carbocycles. The van der Waals surface area contributed by atoms with E-state index in [-0.39, 0.29) is 5.56 Å². The predicted molar refractivity (Wildman–Crippen MR) is 119 cm³/mol. The fraction of sp³-hybridized carbons (Fsp3) is 0.348. The quantitative estimate of drug-likeness (QED) is 0.611. The number of aryl methyl sites for hydroxylation is 2. The number of rotatable bonds is 5. The normalized spacial score (nSPS) is 18.9. The number of carbonyl (C=O) groups is 3. The fourth-order valence-corrected chi connectivity index (χ4v) is 4.83. The van der Waals surface area contributed by atoms with E-state index in [1.165, 1.54) is 11.3 Å². The largest absolute Gasteiger partial charge is 0.481 e. The smallest absolute Gasteiger partial charge is 0.307 e. The van der Waals surface area contributed by atoms with Gasteiger partial charge in [0.05, 0.1) is 17.4 Å². The number of carboxylic acids is 1. The first-order chi connectivity index (χ1) is 14.1. The summed E-state index contributed by atoms with van der Waals surface area (Å²) in [7, 11) is 0. The van der Waals surface area contributed by atoms with Crippen LogP contribution in [-0.2, 0) is 9.59 Å². The van der Waals surface area contributed by atoms with Gasteiger partial charge >= 0.3 is 5.97 Å². The third kappa shape index (κ3) is 4.16. The van der Waals surface area contributed by atoms with Crippen LogP contribution in [0.1, 0.15) is 48.2 Å². The summed E-state index contributed by atoms with van der Waals surface area (Å²) in [4.78, 5) is 37.0. The van der Waals surface area contributed by atoms with Gasteiger partial charge in [0.25, 0.3) is 5.91 Å². The minimum atomic E-state index is -0.987. The SMILES string of the molecule is CC1=C(C)C[C@@H](C(=O)Nc2scc(-c3ccc(C)c(C)c3)c2C(N)=O)[C@H](C(=O)O)C1. The first kappa shape index (κ1) is 21.8. The molecule has 0 spiro atoms. The molecule has 6 nitrogen and oxygen atoms in total. The minimum Gasteiger partial charge on any atom is -0.481 e. The van der Waals surface area contributed by atoms with Crippen molar-refractivity contribution in [1.82, 2.24) is 0 Å². The summed E-state index contributed by atoms with van der Waals surface area (Å²) in [6.45, 7) is 7.82. The van der Waals surface area contributed by atoms with Gasteiger partial charge in [0, 0.05) is 10.9 Å². The number of benzene rings is 1. The number of primary amides is 1. The Balaban J connectivity index is 1.94. The van der Waals surface area contributed by atoms with Gasteiger partial charge < -0.3 is 16.2 Å². The van der Waals surface area contributed by atoms with Gasteiger partial charge in [-0.1, -0.05) is 29.3 Å². The van der Waals surface area contributed by atoms with Crippen molar-refractivity contribution in [2.24, 2.45) is 17.6 Å². The Kier molecular flexibility index (Phi) is 6.12. The molecule has 7 heteroatoms. The van der Waals surface area contributed by atoms with Crippen LogP contribution >= 0.6 is 11.3 Å². The van der Waals surface area contributed by atoms with Crippen LogP contribution in [0.3, 0.4) is 0 Å². The Morgan fingerprint density at radius 3 is 2.23 bits per heavy atom. The molecule has 0 radical (unpaired) electrons. The molecule has 1 aromatic heterocycles. The fourth-order valence-electron chi connectivity index (χ4n) is 3.85. The highest BCUT2D eigenvalue weighted by Gasteiger charge is 2.37. The second-order valence-corrected chi connectivity index (χ2v) is 8.91. The molecule has 0 aliphatic heterocycles. The number of thiophene rings is 1. The van der Waals surface area contributed by atoms with Crippen molar-refractivity contribution in [3.63, 3.8) is 0 Å². The van der Waals surface area contributed by atoms with Crippen LogP contribution in [0.2, 0.25) is 0 Å². The molecule has 1 heterocycles. The van der Waals surface area contributed by atoms with E-state index in [2.05, 4.69) is 5.32 Å². The third-order valence-corrected chi connectivity index (χ3v) is 6.91. The van der Waals surface area contributed by atoms with Crippen LogP contribution in [0.4, 0.5) is 5.00 Å². The van der Waals surface area contributed by atoms with Crippen LogP contribution in [0, 0.1) is 25.7 Å². The average Bonchev–Trinajstić information content (AvgIpc) is 3.09. The van der Waals surface area contributed by atoms with E-state index in [4.69, 9.17) is 5.73 Å². The number of aliphatic carboxylic acids is 1. The van der Waals surface area contributed by atoms with E-state index in [9.17, 15) is 19.5 Å². The minimum absolute atomic E-state index is 0.253. The van der Waals surface area contributed by atoms with Crippen molar-refractivity contribution in [3.05, 3.63) is 51.4 Å². The van der Waals surface area contributed by atoms with Crippen LogP contribution in [0.15, 0.2) is 34.7 Å². The van der Waals surface area contributed by atoms with Crippen LogP contribution in [0.25, 0.3) is 11.1 Å². The standard InChI is InChI=1S/C23H26N2O4S/c1-11-5-6-15(7-12(11)2)18-10-30-22(19(18)20(24)26)25-21(27)16-8-13(3)14(4)9-17(16)23(28)29/h5-7,10,16-17H,8-9H2,1-4H3,(H2,24,26)(H,25,27)(H,28,29)/t16-,17-/m1/s1. The van der Waals surface area contributed by atoms with Crippen molar-refractivity contribution in [3.8, 4) is 11.1 Å². The van der Waals surface area contributed by atoms with Crippen molar-refractivity contribution in [1.29, 1.82) is 0 Å². The molecule has 1 aliphatic carbocycles. The highest BCUT2D eigenvalue weighted by Crippen LogP contribution is 2.39. The van der Waals surface area contributed by atoms with E-state index in [0.29, 0.717) is 23.4 Å². The zero-order chi connectivity index (χ0) is 22.2. The molecular formula is C23H26N2O4S. The van der Waals surface area contributed by atoms with Crippen molar-refractivity contribution in [2.45, 2.75) is 40.5 Å². The second kappa shape index (κ2) is 8.44. The van der Waals surface area contributed by atoms with Crippen molar-refractivity contribution < 1.29 is 19.5 Å². The first-order valence-corrected chi connectivity index (χ1v) is 10.7. The average molecular weight is 427 g/mol. The molecule has 1 aromatic carbocycles. The molecule has 3 rings (SSSR count). The molecule has 2 atom stereocenters. The summed E-state index contributed by atoms with van der Waals surface area (Å²) in [5, 5.41) is 14.5. The van der Waals surface area contributed by atoms with Crippen LogP contribution in [-0.4, -0.2) is 22.9 Å². The Morgan fingerprint density at radius 1 is 1.03 bits per heavy atom. The Labute approximate surface area is 179 Å². The van der Waals surface area contributed by atoms with Crippen LogP contribution in [0.5, 0.6) is 0 Å². The lowest BCUT2D eigenvalue weighted by molar-refractivity contribution is -0.146. The molecule has 0 fully saturated rings. The Morgan fingerprint density at radius 2 is 1.67 bits per heavy atom. The van der Waals surface area contributed by atoms with Gasteiger partial charge in [0.1, 0.15) is 5.00 Å². The number of carbonyl (C=O) groups excluding carboxylic acids is 2. The van der Waals surface area contributed by atoms with Crippen LogP contribution < -0.4 is 11.1 Å². The van der Waals surface area contributed by atoms with E-state index >= 15 is 0 Å². The van der Waals surface area contributed by atoms with Crippen molar-refractivity contribution in [2.75, 3.05) is 5.32 Å².